The minimum atomic E-state index is 0.348. The maximum Gasteiger partial charge on any atom is 0.170 e. The number of furan rings is 1. The van der Waals surface area contributed by atoms with Crippen LogP contribution in [-0.4, -0.2) is 6.72 Å². The van der Waals surface area contributed by atoms with Crippen LogP contribution in [0, 0.1) is 6.92 Å². The number of nitrogens with zero attached hydrogens (tertiary/aromatic N) is 1. The second kappa shape index (κ2) is 5.60. The highest BCUT2D eigenvalue weighted by atomic mass is 35.5. The lowest BCUT2D eigenvalue weighted by Gasteiger charge is -1.90. The van der Waals surface area contributed by atoms with Crippen LogP contribution in [0.3, 0.4) is 0 Å². The second-order valence-electron chi connectivity index (χ2n) is 2.13. The minimum Gasteiger partial charge on any atom is -0.458 e. The topological polar surface area (TPSA) is 25.5 Å². The summed E-state index contributed by atoms with van der Waals surface area (Å²) < 4.78 is 5.20. The quantitative estimate of drug-likeness (QED) is 0.657. The van der Waals surface area contributed by atoms with Crippen molar-refractivity contribution in [2.45, 2.75) is 20.8 Å². The van der Waals surface area contributed by atoms with Gasteiger partial charge in [0.2, 0.25) is 0 Å². The molecule has 0 aliphatic carbocycles. The van der Waals surface area contributed by atoms with Gasteiger partial charge in [-0.1, -0.05) is 32.0 Å². The fraction of sp³-hybridized carbons (Fsp3) is 0.300. The molecular weight excluding hydrogens is 186 g/mol. The Balaban J connectivity index is 0.000000671. The Morgan fingerprint density at radius 3 is 2.38 bits per heavy atom. The third-order valence-corrected chi connectivity index (χ3v) is 1.42. The van der Waals surface area contributed by atoms with E-state index in [1.807, 2.05) is 20.8 Å². The molecule has 2 nitrogen and oxygen atoms in total. The first-order chi connectivity index (χ1) is 6.15. The predicted molar refractivity (Wildman–Crippen MR) is 58.9 cm³/mol. The molecule has 0 fully saturated rings. The van der Waals surface area contributed by atoms with E-state index in [2.05, 4.69) is 18.3 Å². The van der Waals surface area contributed by atoms with Gasteiger partial charge in [-0.05, 0) is 13.6 Å². The summed E-state index contributed by atoms with van der Waals surface area (Å²) in [5, 5.41) is 0.348. The highest BCUT2D eigenvalue weighted by Gasteiger charge is 2.08. The van der Waals surface area contributed by atoms with Gasteiger partial charge in [-0.15, -0.1) is 0 Å². The molecule has 0 bridgehead atoms. The van der Waals surface area contributed by atoms with Gasteiger partial charge in [0.1, 0.15) is 11.4 Å². The van der Waals surface area contributed by atoms with E-state index >= 15 is 0 Å². The Morgan fingerprint density at radius 2 is 2.08 bits per heavy atom. The number of hydrogen-bond donors (Lipinski definition) is 0. The first-order valence-electron chi connectivity index (χ1n) is 4.07. The van der Waals surface area contributed by atoms with E-state index in [4.69, 9.17) is 16.0 Å². The van der Waals surface area contributed by atoms with Crippen LogP contribution < -0.4 is 0 Å². The average molecular weight is 200 g/mol. The molecule has 0 radical (unpaired) electrons. The number of hydrogen-bond acceptors (Lipinski definition) is 2. The van der Waals surface area contributed by atoms with Crippen LogP contribution in [0.15, 0.2) is 22.1 Å². The van der Waals surface area contributed by atoms with Crippen molar-refractivity contribution < 1.29 is 4.42 Å². The van der Waals surface area contributed by atoms with E-state index in [0.717, 1.165) is 5.76 Å². The van der Waals surface area contributed by atoms with E-state index in [1.165, 1.54) is 0 Å². The first kappa shape index (κ1) is 12.0. The Bertz CT molecular complexity index is 302. The van der Waals surface area contributed by atoms with E-state index < -0.39 is 0 Å². The van der Waals surface area contributed by atoms with Crippen LogP contribution in [0.2, 0.25) is 0 Å². The van der Waals surface area contributed by atoms with E-state index in [0.29, 0.717) is 16.5 Å². The number of halogens is 1. The normalized spacial score (nSPS) is 8.62. The molecule has 0 amide bonds. The van der Waals surface area contributed by atoms with E-state index in [1.54, 1.807) is 6.07 Å². The monoisotopic (exact) mass is 199 g/mol. The molecule has 1 aromatic rings. The zero-order chi connectivity index (χ0) is 10.4. The molecule has 0 aliphatic heterocycles. The van der Waals surface area contributed by atoms with Crippen molar-refractivity contribution in [1.82, 2.24) is 0 Å². The van der Waals surface area contributed by atoms with Gasteiger partial charge in [0.05, 0.1) is 5.03 Å². The molecule has 0 saturated heterocycles. The predicted octanol–water partition coefficient (Wildman–Crippen LogP) is 4.16. The van der Waals surface area contributed by atoms with Crippen molar-refractivity contribution >= 4 is 29.0 Å². The maximum atomic E-state index is 5.62. The van der Waals surface area contributed by atoms with Gasteiger partial charge in [-0.3, -0.25) is 4.99 Å². The van der Waals surface area contributed by atoms with Crippen molar-refractivity contribution in [3.63, 3.8) is 0 Å². The smallest absolute Gasteiger partial charge is 0.170 e. The van der Waals surface area contributed by atoms with Crippen molar-refractivity contribution in [1.29, 1.82) is 0 Å². The van der Waals surface area contributed by atoms with Crippen LogP contribution in [-0.2, 0) is 0 Å². The van der Waals surface area contributed by atoms with E-state index in [-0.39, 0.29) is 0 Å². The molecule has 0 N–H and O–H groups in total. The standard InChI is InChI=1S/C8H8ClNO.C2H6/c1-5-4-7(10-3)8(11-5)6(2)9;1-2/h4H,2-3H2,1H3;1-2H3. The average Bonchev–Trinajstić information content (AvgIpc) is 2.50. The van der Waals surface area contributed by atoms with Crippen LogP contribution in [0.25, 0.3) is 5.03 Å². The molecule has 72 valence electrons. The summed E-state index contributed by atoms with van der Waals surface area (Å²) in [6.45, 7) is 12.7. The molecule has 3 heteroatoms. The summed E-state index contributed by atoms with van der Waals surface area (Å²) in [6.07, 6.45) is 0. The molecule has 0 aliphatic rings. The van der Waals surface area contributed by atoms with Gasteiger partial charge in [-0.25, -0.2) is 0 Å². The molecule has 0 saturated carbocycles. The largest absolute Gasteiger partial charge is 0.458 e. The minimum absolute atomic E-state index is 0.348. The molecule has 1 heterocycles. The summed E-state index contributed by atoms with van der Waals surface area (Å²) in [6, 6.07) is 1.76. The molecule has 0 aromatic carbocycles. The molecule has 1 rings (SSSR count). The molecule has 13 heavy (non-hydrogen) atoms. The SMILES string of the molecule is C=Nc1cc(C)oc1C(=C)Cl.CC. The molecular formula is C10H14ClNO. The summed E-state index contributed by atoms with van der Waals surface area (Å²) in [4.78, 5) is 3.72. The summed E-state index contributed by atoms with van der Waals surface area (Å²) in [7, 11) is 0. The molecule has 1 aromatic heterocycles. The van der Waals surface area contributed by atoms with Gasteiger partial charge in [-0.2, -0.15) is 0 Å². The van der Waals surface area contributed by atoms with Gasteiger partial charge >= 0.3 is 0 Å². The highest BCUT2D eigenvalue weighted by molar-refractivity contribution is 6.48. The zero-order valence-corrected chi connectivity index (χ0v) is 8.98. The lowest BCUT2D eigenvalue weighted by molar-refractivity contribution is 0.524. The summed E-state index contributed by atoms with van der Waals surface area (Å²) in [5.74, 6) is 1.25. The number of aliphatic imine (C=N–C) groups is 1. The molecule has 0 unspecified atom stereocenters. The fourth-order valence-corrected chi connectivity index (χ4v) is 0.948. The number of rotatable bonds is 2. The number of aryl methyl sites for hydroxylation is 1. The zero-order valence-electron chi connectivity index (χ0n) is 8.22. The maximum absolute atomic E-state index is 5.62. The summed E-state index contributed by atoms with van der Waals surface area (Å²) in [5.41, 5.74) is 0.641. The van der Waals surface area contributed by atoms with Gasteiger partial charge in [0, 0.05) is 6.07 Å². The first-order valence-corrected chi connectivity index (χ1v) is 4.45. The third kappa shape index (κ3) is 3.07. The Hall–Kier alpha value is -1.02. The van der Waals surface area contributed by atoms with Gasteiger partial charge in [0.25, 0.3) is 0 Å². The third-order valence-electron chi connectivity index (χ3n) is 1.25. The Morgan fingerprint density at radius 1 is 1.54 bits per heavy atom. The van der Waals surface area contributed by atoms with Gasteiger partial charge < -0.3 is 4.42 Å². The second-order valence-corrected chi connectivity index (χ2v) is 2.59. The lowest BCUT2D eigenvalue weighted by Crippen LogP contribution is -1.67. The summed E-state index contributed by atoms with van der Waals surface area (Å²) >= 11 is 5.62. The van der Waals surface area contributed by atoms with Crippen molar-refractivity contribution in [2.24, 2.45) is 4.99 Å². The van der Waals surface area contributed by atoms with Crippen LogP contribution in [0.4, 0.5) is 5.69 Å². The van der Waals surface area contributed by atoms with Crippen molar-refractivity contribution in [3.8, 4) is 0 Å². The Kier molecular flexibility index (Phi) is 5.16. The van der Waals surface area contributed by atoms with Crippen LogP contribution >= 0.6 is 11.6 Å². The Labute approximate surface area is 83.9 Å². The van der Waals surface area contributed by atoms with E-state index in [9.17, 15) is 0 Å². The van der Waals surface area contributed by atoms with Gasteiger partial charge in [0.15, 0.2) is 5.76 Å². The van der Waals surface area contributed by atoms with Crippen LogP contribution in [0.5, 0.6) is 0 Å². The van der Waals surface area contributed by atoms with Crippen molar-refractivity contribution in [3.05, 3.63) is 24.2 Å². The van der Waals surface area contributed by atoms with Crippen molar-refractivity contribution in [2.75, 3.05) is 0 Å². The molecule has 0 atom stereocenters. The van der Waals surface area contributed by atoms with Crippen LogP contribution in [0.1, 0.15) is 25.4 Å². The lowest BCUT2D eigenvalue weighted by atomic mass is 10.3. The fourth-order valence-electron chi connectivity index (χ4n) is 0.813. The highest BCUT2D eigenvalue weighted by Crippen LogP contribution is 2.30. The molecule has 0 spiro atoms.